The van der Waals surface area contributed by atoms with E-state index in [0.717, 1.165) is 5.39 Å². The van der Waals surface area contributed by atoms with Gasteiger partial charge in [-0.25, -0.2) is 4.79 Å². The molecule has 0 spiro atoms. The first kappa shape index (κ1) is 12.0. The summed E-state index contributed by atoms with van der Waals surface area (Å²) in [5.41, 5.74) is 0.489. The molecule has 0 amide bonds. The van der Waals surface area contributed by atoms with Crippen molar-refractivity contribution in [2.75, 3.05) is 7.11 Å². The topological polar surface area (TPSA) is 87.3 Å². The molecule has 7 nitrogen and oxygen atoms in total. The number of rotatable bonds is 3. The predicted octanol–water partition coefficient (Wildman–Crippen LogP) is 1.68. The van der Waals surface area contributed by atoms with Gasteiger partial charge in [-0.3, -0.25) is 14.8 Å². The smallest absolute Gasteiger partial charge is 0.330 e. The first-order valence-electron chi connectivity index (χ1n) is 5.24. The van der Waals surface area contributed by atoms with Crippen LogP contribution in [0.4, 0.5) is 5.69 Å². The Morgan fingerprint density at radius 3 is 2.89 bits per heavy atom. The number of non-ortho nitro benzene ring substituents is 1. The van der Waals surface area contributed by atoms with E-state index in [-0.39, 0.29) is 5.69 Å². The molecule has 1 heterocycles. The fourth-order valence-corrected chi connectivity index (χ4v) is 1.72. The minimum atomic E-state index is -0.630. The molecule has 2 aromatic rings. The third kappa shape index (κ3) is 1.90. The van der Waals surface area contributed by atoms with Crippen molar-refractivity contribution in [3.05, 3.63) is 34.5 Å². The van der Waals surface area contributed by atoms with Crippen molar-refractivity contribution < 1.29 is 14.5 Å². The highest BCUT2D eigenvalue weighted by molar-refractivity contribution is 5.83. The summed E-state index contributed by atoms with van der Waals surface area (Å²) in [7, 11) is 1.28. The Hall–Kier alpha value is -2.44. The average Bonchev–Trinajstić information content (AvgIpc) is 2.79. The SMILES string of the molecule is COC(=O)C(C)n1ncc2ccc([N+](=O)[O-])cc21. The number of methoxy groups -OCH3 is 1. The van der Waals surface area contributed by atoms with Crippen molar-refractivity contribution in [2.45, 2.75) is 13.0 Å². The lowest BCUT2D eigenvalue weighted by Crippen LogP contribution is -2.18. The number of aromatic nitrogens is 2. The Balaban J connectivity index is 2.55. The van der Waals surface area contributed by atoms with E-state index in [9.17, 15) is 14.9 Å². The molecule has 0 radical (unpaired) electrons. The number of ether oxygens (including phenoxy) is 1. The van der Waals surface area contributed by atoms with Gasteiger partial charge in [0.05, 0.1) is 23.7 Å². The third-order valence-electron chi connectivity index (χ3n) is 2.70. The summed E-state index contributed by atoms with van der Waals surface area (Å²) < 4.78 is 6.04. The molecule has 0 aliphatic heterocycles. The quantitative estimate of drug-likeness (QED) is 0.469. The zero-order valence-electron chi connectivity index (χ0n) is 9.86. The minimum absolute atomic E-state index is 0.0404. The molecule has 1 aromatic heterocycles. The number of esters is 1. The number of hydrogen-bond acceptors (Lipinski definition) is 5. The van der Waals surface area contributed by atoms with Crippen LogP contribution in [0.3, 0.4) is 0 Å². The number of hydrogen-bond donors (Lipinski definition) is 0. The van der Waals surface area contributed by atoms with Gasteiger partial charge in [-0.05, 0) is 13.0 Å². The summed E-state index contributed by atoms with van der Waals surface area (Å²) in [5, 5.41) is 15.5. The summed E-state index contributed by atoms with van der Waals surface area (Å²) >= 11 is 0. The fourth-order valence-electron chi connectivity index (χ4n) is 1.72. The van der Waals surface area contributed by atoms with Gasteiger partial charge in [-0.15, -0.1) is 0 Å². The molecule has 1 unspecified atom stereocenters. The standard InChI is InChI=1S/C11H11N3O4/c1-7(11(15)18-2)13-10-5-9(14(16)17)4-3-8(10)6-12-13/h3-7H,1-2H3. The number of fused-ring (bicyclic) bond motifs is 1. The minimum Gasteiger partial charge on any atom is -0.467 e. The van der Waals surface area contributed by atoms with Gasteiger partial charge in [0.15, 0.2) is 0 Å². The fraction of sp³-hybridized carbons (Fsp3) is 0.273. The first-order valence-corrected chi connectivity index (χ1v) is 5.24. The lowest BCUT2D eigenvalue weighted by molar-refractivity contribution is -0.384. The van der Waals surface area contributed by atoms with E-state index >= 15 is 0 Å². The second-order valence-corrected chi connectivity index (χ2v) is 3.79. The maximum Gasteiger partial charge on any atom is 0.330 e. The average molecular weight is 249 g/mol. The van der Waals surface area contributed by atoms with Crippen molar-refractivity contribution in [3.8, 4) is 0 Å². The van der Waals surface area contributed by atoms with Gasteiger partial charge in [0.1, 0.15) is 6.04 Å². The van der Waals surface area contributed by atoms with E-state index < -0.39 is 16.9 Å². The lowest BCUT2D eigenvalue weighted by atomic mass is 10.2. The number of carbonyl (C=O) groups excluding carboxylic acids is 1. The van der Waals surface area contributed by atoms with Crippen LogP contribution in [-0.2, 0) is 9.53 Å². The number of benzene rings is 1. The highest BCUT2D eigenvalue weighted by atomic mass is 16.6. The number of carbonyl (C=O) groups is 1. The maximum absolute atomic E-state index is 11.5. The number of nitro benzene ring substituents is 1. The molecule has 94 valence electrons. The molecule has 0 bridgehead atoms. The van der Waals surface area contributed by atoms with E-state index in [1.807, 2.05) is 0 Å². The molecule has 1 aromatic carbocycles. The molecule has 0 saturated carbocycles. The Morgan fingerprint density at radius 1 is 1.56 bits per heavy atom. The monoisotopic (exact) mass is 249 g/mol. The molecule has 18 heavy (non-hydrogen) atoms. The molecule has 0 aliphatic rings. The van der Waals surface area contributed by atoms with Crippen molar-refractivity contribution in [1.82, 2.24) is 9.78 Å². The molecule has 1 atom stereocenters. The van der Waals surface area contributed by atoms with Crippen LogP contribution in [0, 0.1) is 10.1 Å². The van der Waals surface area contributed by atoms with E-state index in [1.54, 1.807) is 19.2 Å². The molecule has 0 aliphatic carbocycles. The maximum atomic E-state index is 11.5. The van der Waals surface area contributed by atoms with Gasteiger partial charge in [0.25, 0.3) is 5.69 Å². The van der Waals surface area contributed by atoms with Crippen LogP contribution in [0.2, 0.25) is 0 Å². The lowest BCUT2D eigenvalue weighted by Gasteiger charge is -2.10. The largest absolute Gasteiger partial charge is 0.467 e. The summed E-state index contributed by atoms with van der Waals surface area (Å²) in [5.74, 6) is -0.452. The Labute approximate surface area is 102 Å². The van der Waals surface area contributed by atoms with Gasteiger partial charge in [0, 0.05) is 17.5 Å². The van der Waals surface area contributed by atoms with Gasteiger partial charge in [-0.1, -0.05) is 0 Å². The van der Waals surface area contributed by atoms with Crippen LogP contribution in [0.25, 0.3) is 10.9 Å². The molecule has 7 heteroatoms. The summed E-state index contributed by atoms with van der Waals surface area (Å²) in [6.45, 7) is 1.62. The van der Waals surface area contributed by atoms with E-state index in [0.29, 0.717) is 5.52 Å². The van der Waals surface area contributed by atoms with Crippen LogP contribution >= 0.6 is 0 Å². The number of nitrogens with zero attached hydrogens (tertiary/aromatic N) is 3. The zero-order chi connectivity index (χ0) is 13.3. The van der Waals surface area contributed by atoms with Crippen molar-refractivity contribution in [3.63, 3.8) is 0 Å². The number of nitro groups is 1. The van der Waals surface area contributed by atoms with Crippen molar-refractivity contribution in [1.29, 1.82) is 0 Å². The van der Waals surface area contributed by atoms with Crippen LogP contribution in [-0.4, -0.2) is 27.8 Å². The zero-order valence-corrected chi connectivity index (χ0v) is 9.86. The van der Waals surface area contributed by atoms with E-state index in [4.69, 9.17) is 0 Å². The highest BCUT2D eigenvalue weighted by Crippen LogP contribution is 2.23. The molecule has 2 rings (SSSR count). The van der Waals surface area contributed by atoms with E-state index in [2.05, 4.69) is 9.84 Å². The Kier molecular flexibility index (Phi) is 2.97. The first-order chi connectivity index (χ1) is 8.54. The van der Waals surface area contributed by atoms with Crippen LogP contribution in [0.15, 0.2) is 24.4 Å². The molecular weight excluding hydrogens is 238 g/mol. The Morgan fingerprint density at radius 2 is 2.28 bits per heavy atom. The van der Waals surface area contributed by atoms with Crippen molar-refractivity contribution in [2.24, 2.45) is 0 Å². The van der Waals surface area contributed by atoms with Crippen LogP contribution in [0.1, 0.15) is 13.0 Å². The van der Waals surface area contributed by atoms with Gasteiger partial charge in [-0.2, -0.15) is 5.10 Å². The highest BCUT2D eigenvalue weighted by Gasteiger charge is 2.19. The summed E-state index contributed by atoms with van der Waals surface area (Å²) in [4.78, 5) is 21.7. The van der Waals surface area contributed by atoms with Gasteiger partial charge in [0.2, 0.25) is 0 Å². The second kappa shape index (κ2) is 4.44. The van der Waals surface area contributed by atoms with E-state index in [1.165, 1.54) is 23.9 Å². The third-order valence-corrected chi connectivity index (χ3v) is 2.70. The Bertz CT molecular complexity index is 620. The predicted molar refractivity (Wildman–Crippen MR) is 63.1 cm³/mol. The van der Waals surface area contributed by atoms with Crippen LogP contribution < -0.4 is 0 Å². The summed E-state index contributed by atoms with van der Waals surface area (Å²) in [6.07, 6.45) is 1.55. The summed E-state index contributed by atoms with van der Waals surface area (Å²) in [6, 6.07) is 3.76. The van der Waals surface area contributed by atoms with Crippen LogP contribution in [0.5, 0.6) is 0 Å². The van der Waals surface area contributed by atoms with Crippen molar-refractivity contribution >= 4 is 22.6 Å². The molecular formula is C11H11N3O4. The second-order valence-electron chi connectivity index (χ2n) is 3.79. The van der Waals surface area contributed by atoms with Gasteiger partial charge < -0.3 is 4.74 Å². The van der Waals surface area contributed by atoms with Gasteiger partial charge >= 0.3 is 5.97 Å². The molecule has 0 saturated heterocycles. The normalized spacial score (nSPS) is 12.3. The molecule has 0 N–H and O–H groups in total. The molecule has 0 fully saturated rings.